The maximum absolute atomic E-state index is 12.6. The summed E-state index contributed by atoms with van der Waals surface area (Å²) in [6.07, 6.45) is -4.51. The topological polar surface area (TPSA) is 69.6 Å². The van der Waals surface area contributed by atoms with Gasteiger partial charge in [0.15, 0.2) is 0 Å². The van der Waals surface area contributed by atoms with Gasteiger partial charge in [-0.3, -0.25) is 9.59 Å². The molecule has 27 heavy (non-hydrogen) atoms. The molecule has 1 heterocycles. The minimum atomic E-state index is -4.44. The van der Waals surface area contributed by atoms with Crippen molar-refractivity contribution in [1.82, 2.24) is 5.32 Å². The highest BCUT2D eigenvalue weighted by Crippen LogP contribution is 2.30. The molecule has 2 N–H and O–H groups in total. The minimum absolute atomic E-state index is 0.0699. The lowest BCUT2D eigenvalue weighted by Crippen LogP contribution is -2.52. The molecule has 1 aliphatic heterocycles. The Kier molecular flexibility index (Phi) is 4.93. The molecule has 0 aliphatic carbocycles. The molecule has 2 aromatic rings. The molecule has 3 rings (SSSR count). The molecule has 5 nitrogen and oxygen atoms in total. The number of alkyl halides is 3. The fraction of sp³-hybridized carbons (Fsp3) is 0.263. The van der Waals surface area contributed by atoms with Crippen molar-refractivity contribution in [2.24, 2.45) is 0 Å². The Hall–Kier alpha value is -2.87. The molecule has 0 spiro atoms. The average molecular weight is 378 g/mol. The normalized spacial score (nSPS) is 20.0. The van der Waals surface area contributed by atoms with E-state index in [4.69, 9.17) is 0 Å². The number of benzene rings is 2. The highest BCUT2D eigenvalue weighted by molar-refractivity contribution is 6.16. The second-order valence-electron chi connectivity index (χ2n) is 6.28. The summed E-state index contributed by atoms with van der Waals surface area (Å²) < 4.78 is 37.7. The van der Waals surface area contributed by atoms with Crippen LogP contribution in [0.4, 0.5) is 18.9 Å². The molecule has 2 aromatic carbocycles. The summed E-state index contributed by atoms with van der Waals surface area (Å²) >= 11 is 0. The maximum Gasteiger partial charge on any atom is 0.416 e. The number of hydrogen-bond donors (Lipinski definition) is 2. The summed E-state index contributed by atoms with van der Waals surface area (Å²) in [7, 11) is 0. The van der Waals surface area contributed by atoms with Crippen molar-refractivity contribution in [2.45, 2.75) is 24.7 Å². The first-order valence-corrected chi connectivity index (χ1v) is 8.25. The van der Waals surface area contributed by atoms with E-state index in [0.717, 1.165) is 12.1 Å². The van der Waals surface area contributed by atoms with E-state index in [1.54, 1.807) is 30.3 Å². The van der Waals surface area contributed by atoms with Crippen molar-refractivity contribution in [1.29, 1.82) is 0 Å². The first-order chi connectivity index (χ1) is 12.7. The van der Waals surface area contributed by atoms with Gasteiger partial charge in [-0.1, -0.05) is 30.3 Å². The van der Waals surface area contributed by atoms with Crippen LogP contribution in [0.3, 0.4) is 0 Å². The van der Waals surface area contributed by atoms with Gasteiger partial charge in [0.2, 0.25) is 5.60 Å². The number of carbonyl (C=O) groups excluding carboxylic acids is 2. The van der Waals surface area contributed by atoms with Crippen LogP contribution in [-0.2, 0) is 22.3 Å². The van der Waals surface area contributed by atoms with Crippen LogP contribution in [0, 0.1) is 0 Å². The highest BCUT2D eigenvalue weighted by atomic mass is 19.4. The zero-order chi connectivity index (χ0) is 19.7. The van der Waals surface area contributed by atoms with Gasteiger partial charge in [0.25, 0.3) is 11.8 Å². The van der Waals surface area contributed by atoms with Gasteiger partial charge >= 0.3 is 6.18 Å². The Morgan fingerprint density at radius 3 is 2.33 bits per heavy atom. The third-order valence-electron chi connectivity index (χ3n) is 4.47. The Bertz CT molecular complexity index is 838. The standard InChI is InChI=1S/C19H17F3N2O3/c20-19(21,22)14-8-6-13(7-9-14)12-23-16(25)18(27)10-11-24(17(18)26)15-4-2-1-3-5-15/h1-9,27H,10-12H2,(H,23,25). The van der Waals surface area contributed by atoms with E-state index in [-0.39, 0.29) is 19.5 Å². The molecule has 8 heteroatoms. The van der Waals surface area contributed by atoms with Crippen LogP contribution in [0.5, 0.6) is 0 Å². The number of anilines is 1. The van der Waals surface area contributed by atoms with E-state index >= 15 is 0 Å². The van der Waals surface area contributed by atoms with Crippen LogP contribution in [0.15, 0.2) is 54.6 Å². The number of nitrogens with one attached hydrogen (secondary N) is 1. The van der Waals surface area contributed by atoms with E-state index in [0.29, 0.717) is 11.3 Å². The third-order valence-corrected chi connectivity index (χ3v) is 4.47. The first-order valence-electron chi connectivity index (χ1n) is 8.25. The minimum Gasteiger partial charge on any atom is -0.372 e. The molecule has 2 amide bonds. The van der Waals surface area contributed by atoms with Crippen molar-refractivity contribution in [2.75, 3.05) is 11.4 Å². The van der Waals surface area contributed by atoms with Gasteiger partial charge in [-0.05, 0) is 29.8 Å². The largest absolute Gasteiger partial charge is 0.416 e. The van der Waals surface area contributed by atoms with Gasteiger partial charge in [0.1, 0.15) is 0 Å². The molecule has 0 bridgehead atoms. The fourth-order valence-electron chi connectivity index (χ4n) is 2.91. The Labute approximate surface area is 153 Å². The summed E-state index contributed by atoms with van der Waals surface area (Å²) in [4.78, 5) is 26.2. The van der Waals surface area contributed by atoms with Gasteiger partial charge < -0.3 is 15.3 Å². The van der Waals surface area contributed by atoms with Crippen LogP contribution in [0.25, 0.3) is 0 Å². The van der Waals surface area contributed by atoms with Crippen LogP contribution < -0.4 is 10.2 Å². The summed E-state index contributed by atoms with van der Waals surface area (Å²) in [5, 5.41) is 13.0. The monoisotopic (exact) mass is 378 g/mol. The van der Waals surface area contributed by atoms with Gasteiger partial charge in [-0.25, -0.2) is 0 Å². The smallest absolute Gasteiger partial charge is 0.372 e. The van der Waals surface area contributed by atoms with Crippen molar-refractivity contribution >= 4 is 17.5 Å². The fourth-order valence-corrected chi connectivity index (χ4v) is 2.91. The molecule has 0 saturated carbocycles. The summed E-state index contributed by atoms with van der Waals surface area (Å²) in [5.74, 6) is -1.59. The highest BCUT2D eigenvalue weighted by Gasteiger charge is 2.51. The number of amides is 2. The molecular formula is C19H17F3N2O3. The Morgan fingerprint density at radius 2 is 1.74 bits per heavy atom. The molecule has 1 aliphatic rings. The van der Waals surface area contributed by atoms with E-state index in [2.05, 4.69) is 5.32 Å². The lowest BCUT2D eigenvalue weighted by atomic mass is 10.0. The molecular weight excluding hydrogens is 361 g/mol. The van der Waals surface area contributed by atoms with Crippen LogP contribution in [-0.4, -0.2) is 29.1 Å². The number of nitrogens with zero attached hydrogens (tertiary/aromatic N) is 1. The van der Waals surface area contributed by atoms with Crippen molar-refractivity contribution in [3.63, 3.8) is 0 Å². The maximum atomic E-state index is 12.6. The quantitative estimate of drug-likeness (QED) is 0.804. The van der Waals surface area contributed by atoms with E-state index in [1.807, 2.05) is 0 Å². The third kappa shape index (κ3) is 3.80. The predicted molar refractivity (Wildman–Crippen MR) is 91.7 cm³/mol. The number of aliphatic hydroxyl groups is 1. The van der Waals surface area contributed by atoms with Crippen LogP contribution in [0.1, 0.15) is 17.5 Å². The number of carbonyl (C=O) groups is 2. The molecule has 0 aromatic heterocycles. The average Bonchev–Trinajstić information content (AvgIpc) is 2.96. The zero-order valence-electron chi connectivity index (χ0n) is 14.2. The van der Waals surface area contributed by atoms with E-state index < -0.39 is 29.2 Å². The predicted octanol–water partition coefficient (Wildman–Crippen LogP) is 2.49. The number of rotatable bonds is 4. The second kappa shape index (κ2) is 7.03. The molecule has 142 valence electrons. The molecule has 1 unspecified atom stereocenters. The lowest BCUT2D eigenvalue weighted by Gasteiger charge is -2.21. The van der Waals surface area contributed by atoms with Crippen molar-refractivity contribution in [3.05, 3.63) is 65.7 Å². The van der Waals surface area contributed by atoms with Crippen molar-refractivity contribution < 1.29 is 27.9 Å². The van der Waals surface area contributed by atoms with Crippen LogP contribution in [0.2, 0.25) is 0 Å². The van der Waals surface area contributed by atoms with Gasteiger partial charge in [-0.2, -0.15) is 13.2 Å². The number of para-hydroxylation sites is 1. The van der Waals surface area contributed by atoms with Crippen molar-refractivity contribution in [3.8, 4) is 0 Å². The Morgan fingerprint density at radius 1 is 1.11 bits per heavy atom. The summed E-state index contributed by atoms with van der Waals surface area (Å²) in [5.41, 5.74) is -1.98. The second-order valence-corrected chi connectivity index (χ2v) is 6.28. The Balaban J connectivity index is 1.65. The zero-order valence-corrected chi connectivity index (χ0v) is 14.2. The van der Waals surface area contributed by atoms with Gasteiger partial charge in [-0.15, -0.1) is 0 Å². The van der Waals surface area contributed by atoms with Gasteiger partial charge in [0.05, 0.1) is 5.56 Å². The SMILES string of the molecule is O=C(NCc1ccc(C(F)(F)F)cc1)C1(O)CCN(c2ccccc2)C1=O. The van der Waals surface area contributed by atoms with E-state index in [9.17, 15) is 27.9 Å². The summed E-state index contributed by atoms with van der Waals surface area (Å²) in [6.45, 7) is 0.0882. The van der Waals surface area contributed by atoms with E-state index in [1.165, 1.54) is 17.0 Å². The summed E-state index contributed by atoms with van der Waals surface area (Å²) in [6, 6.07) is 13.0. The molecule has 1 atom stereocenters. The van der Waals surface area contributed by atoms with Crippen LogP contribution >= 0.6 is 0 Å². The molecule has 1 saturated heterocycles. The lowest BCUT2D eigenvalue weighted by molar-refractivity contribution is -0.149. The number of halogens is 3. The molecule has 1 fully saturated rings. The van der Waals surface area contributed by atoms with Gasteiger partial charge in [0, 0.05) is 25.2 Å². The first kappa shape index (κ1) is 18.9. The number of hydrogen-bond acceptors (Lipinski definition) is 3. The molecule has 0 radical (unpaired) electrons.